The van der Waals surface area contributed by atoms with Gasteiger partial charge < -0.3 is 4.74 Å². The smallest absolute Gasteiger partial charge is 0.305 e. The lowest BCUT2D eigenvalue weighted by Crippen LogP contribution is -2.03. The fourth-order valence-corrected chi connectivity index (χ4v) is 2.04. The highest BCUT2D eigenvalue weighted by atomic mass is 35.5. The number of halogens is 1. The summed E-state index contributed by atoms with van der Waals surface area (Å²) in [5.74, 6) is 0.310. The Kier molecular flexibility index (Phi) is 4.69. The molecule has 2 rings (SSSR count). The number of benzene rings is 1. The molecule has 1 aromatic heterocycles. The van der Waals surface area contributed by atoms with E-state index in [-0.39, 0.29) is 12.4 Å². The van der Waals surface area contributed by atoms with Gasteiger partial charge in [-0.2, -0.15) is 0 Å². The van der Waals surface area contributed by atoms with Crippen molar-refractivity contribution in [2.24, 2.45) is 0 Å². The summed E-state index contributed by atoms with van der Waals surface area (Å²) >= 11 is 6.14. The maximum atomic E-state index is 11.1. The summed E-state index contributed by atoms with van der Waals surface area (Å²) in [6.45, 7) is 2.01. The van der Waals surface area contributed by atoms with Crippen LogP contribution in [0.25, 0.3) is 11.4 Å². The number of carbonyl (C=O) groups excluding carboxylic acids is 1. The molecule has 0 fully saturated rings. The van der Waals surface area contributed by atoms with Crippen molar-refractivity contribution in [3.63, 3.8) is 0 Å². The van der Waals surface area contributed by atoms with Gasteiger partial charge in [0.15, 0.2) is 5.82 Å². The van der Waals surface area contributed by atoms with Crippen LogP contribution in [0.3, 0.4) is 0 Å². The summed E-state index contributed by atoms with van der Waals surface area (Å²) in [5.41, 5.74) is 2.80. The molecule has 0 saturated heterocycles. The molecular weight excluding hydrogens is 276 g/mol. The molecule has 0 amide bonds. The summed E-state index contributed by atoms with van der Waals surface area (Å²) < 4.78 is 4.60. The minimum atomic E-state index is -0.274. The van der Waals surface area contributed by atoms with E-state index >= 15 is 0 Å². The number of ether oxygens (including phenoxy) is 1. The summed E-state index contributed by atoms with van der Waals surface area (Å²) in [6.07, 6.45) is 2.40. The van der Waals surface area contributed by atoms with Gasteiger partial charge in [0.05, 0.1) is 7.11 Å². The molecule has 1 aromatic carbocycles. The van der Waals surface area contributed by atoms with E-state index in [0.29, 0.717) is 17.4 Å². The van der Waals surface area contributed by atoms with Gasteiger partial charge in [-0.3, -0.25) is 4.79 Å². The normalized spacial score (nSPS) is 10.3. The molecule has 5 heteroatoms. The number of hydrogen-bond donors (Lipinski definition) is 0. The summed E-state index contributed by atoms with van der Waals surface area (Å²) in [5, 5.41) is 0.375. The Balaban J connectivity index is 2.19. The van der Waals surface area contributed by atoms with Crippen molar-refractivity contribution in [1.29, 1.82) is 0 Å². The molecule has 1 heterocycles. The maximum Gasteiger partial charge on any atom is 0.305 e. The highest BCUT2D eigenvalue weighted by Crippen LogP contribution is 2.21. The number of carbonyl (C=O) groups is 1. The van der Waals surface area contributed by atoms with E-state index < -0.39 is 0 Å². The van der Waals surface area contributed by atoms with Crippen LogP contribution in [0.4, 0.5) is 0 Å². The molecular formula is C15H15ClN2O2. The topological polar surface area (TPSA) is 52.1 Å². The van der Waals surface area contributed by atoms with Crippen LogP contribution in [-0.4, -0.2) is 23.0 Å². The fraction of sp³-hybridized carbons (Fsp3) is 0.267. The Morgan fingerprint density at radius 2 is 2.20 bits per heavy atom. The third-order valence-electron chi connectivity index (χ3n) is 2.91. The summed E-state index contributed by atoms with van der Waals surface area (Å²) in [4.78, 5) is 19.7. The van der Waals surface area contributed by atoms with E-state index in [0.717, 1.165) is 16.7 Å². The van der Waals surface area contributed by atoms with Crippen LogP contribution in [0.5, 0.6) is 0 Å². The second-order valence-corrected chi connectivity index (χ2v) is 4.81. The van der Waals surface area contributed by atoms with Crippen molar-refractivity contribution in [2.75, 3.05) is 7.11 Å². The number of nitrogens with zero attached hydrogens (tertiary/aromatic N) is 2. The van der Waals surface area contributed by atoms with Crippen LogP contribution in [0, 0.1) is 6.92 Å². The van der Waals surface area contributed by atoms with Crippen molar-refractivity contribution in [3.8, 4) is 11.4 Å². The van der Waals surface area contributed by atoms with Crippen LogP contribution < -0.4 is 0 Å². The Morgan fingerprint density at radius 3 is 2.85 bits per heavy atom. The first-order valence-corrected chi connectivity index (χ1v) is 6.63. The van der Waals surface area contributed by atoms with E-state index in [1.807, 2.05) is 31.2 Å². The lowest BCUT2D eigenvalue weighted by molar-refractivity contribution is -0.140. The second kappa shape index (κ2) is 6.48. The molecule has 0 N–H and O–H groups in total. The molecule has 104 valence electrons. The predicted octanol–water partition coefficient (Wildman–Crippen LogP) is 3.21. The Labute approximate surface area is 122 Å². The van der Waals surface area contributed by atoms with Crippen LogP contribution >= 0.6 is 11.6 Å². The van der Waals surface area contributed by atoms with E-state index in [2.05, 4.69) is 14.7 Å². The zero-order valence-electron chi connectivity index (χ0n) is 11.4. The number of aryl methyl sites for hydroxylation is 2. The molecule has 20 heavy (non-hydrogen) atoms. The van der Waals surface area contributed by atoms with Gasteiger partial charge in [0.2, 0.25) is 0 Å². The van der Waals surface area contributed by atoms with Crippen LogP contribution in [0.15, 0.2) is 30.5 Å². The van der Waals surface area contributed by atoms with Gasteiger partial charge in [0.25, 0.3) is 0 Å². The maximum absolute atomic E-state index is 11.1. The van der Waals surface area contributed by atoms with Gasteiger partial charge in [-0.25, -0.2) is 9.97 Å². The first-order valence-electron chi connectivity index (χ1n) is 6.25. The van der Waals surface area contributed by atoms with Crippen molar-refractivity contribution >= 4 is 17.6 Å². The van der Waals surface area contributed by atoms with E-state index in [4.69, 9.17) is 11.6 Å². The number of hydrogen-bond acceptors (Lipinski definition) is 4. The molecule has 0 unspecified atom stereocenters. The van der Waals surface area contributed by atoms with E-state index in [1.54, 1.807) is 6.20 Å². The molecule has 4 nitrogen and oxygen atoms in total. The molecule has 0 spiro atoms. The molecule has 0 saturated carbocycles. The monoisotopic (exact) mass is 290 g/mol. The molecule has 0 aliphatic rings. The Morgan fingerprint density at radius 1 is 1.40 bits per heavy atom. The number of rotatable bonds is 4. The average Bonchev–Trinajstić information content (AvgIpc) is 2.45. The van der Waals surface area contributed by atoms with Gasteiger partial charge in [0, 0.05) is 23.7 Å². The van der Waals surface area contributed by atoms with Gasteiger partial charge >= 0.3 is 5.97 Å². The van der Waals surface area contributed by atoms with Crippen molar-refractivity contribution in [2.45, 2.75) is 19.8 Å². The highest BCUT2D eigenvalue weighted by molar-refractivity contribution is 6.30. The van der Waals surface area contributed by atoms with E-state index in [1.165, 1.54) is 7.11 Å². The number of esters is 1. The Hall–Kier alpha value is -1.94. The zero-order valence-corrected chi connectivity index (χ0v) is 12.1. The van der Waals surface area contributed by atoms with Gasteiger partial charge in [-0.15, -0.1) is 0 Å². The van der Waals surface area contributed by atoms with Gasteiger partial charge in [-0.05, 0) is 19.4 Å². The molecule has 0 atom stereocenters. The predicted molar refractivity (Wildman–Crippen MR) is 77.6 cm³/mol. The molecule has 0 bridgehead atoms. The van der Waals surface area contributed by atoms with Crippen molar-refractivity contribution < 1.29 is 9.53 Å². The highest BCUT2D eigenvalue weighted by Gasteiger charge is 2.09. The third kappa shape index (κ3) is 3.54. The number of aromatic nitrogens is 2. The molecule has 0 aliphatic heterocycles. The third-order valence-corrected chi connectivity index (χ3v) is 3.24. The quantitative estimate of drug-likeness (QED) is 0.641. The first-order chi connectivity index (χ1) is 9.60. The minimum absolute atomic E-state index is 0.267. The Bertz CT molecular complexity index is 629. The van der Waals surface area contributed by atoms with Gasteiger partial charge in [-0.1, -0.05) is 35.4 Å². The average molecular weight is 291 g/mol. The van der Waals surface area contributed by atoms with Crippen LogP contribution in [0.1, 0.15) is 17.5 Å². The lowest BCUT2D eigenvalue weighted by atomic mass is 10.1. The molecule has 0 aliphatic carbocycles. The second-order valence-electron chi connectivity index (χ2n) is 4.46. The van der Waals surface area contributed by atoms with Crippen molar-refractivity contribution in [1.82, 2.24) is 9.97 Å². The van der Waals surface area contributed by atoms with Gasteiger partial charge in [0.1, 0.15) is 5.15 Å². The van der Waals surface area contributed by atoms with Crippen LogP contribution in [0.2, 0.25) is 5.15 Å². The standard InChI is InChI=1S/C15H15ClN2O2/c1-10-4-3-5-11(8-10)15-17-9-12(14(16)18-15)6-7-13(19)20-2/h3-5,8-9H,6-7H2,1-2H3. The summed E-state index contributed by atoms with van der Waals surface area (Å²) in [7, 11) is 1.36. The van der Waals surface area contributed by atoms with Crippen molar-refractivity contribution in [3.05, 3.63) is 46.7 Å². The van der Waals surface area contributed by atoms with E-state index in [9.17, 15) is 4.79 Å². The largest absolute Gasteiger partial charge is 0.469 e. The SMILES string of the molecule is COC(=O)CCc1cnc(-c2cccc(C)c2)nc1Cl. The van der Waals surface area contributed by atoms with Crippen LogP contribution in [-0.2, 0) is 16.0 Å². The lowest BCUT2D eigenvalue weighted by Gasteiger charge is -2.06. The number of methoxy groups -OCH3 is 1. The molecule has 0 radical (unpaired) electrons. The fourth-order valence-electron chi connectivity index (χ4n) is 1.82. The zero-order chi connectivity index (χ0) is 14.5. The molecule has 2 aromatic rings. The first kappa shape index (κ1) is 14.5. The summed E-state index contributed by atoms with van der Waals surface area (Å²) in [6, 6.07) is 7.90. The minimum Gasteiger partial charge on any atom is -0.469 e.